The zero-order valence-electron chi connectivity index (χ0n) is 13.4. The molecule has 0 atom stereocenters. The van der Waals surface area contributed by atoms with E-state index in [2.05, 4.69) is 20.3 Å². The normalized spacial score (nSPS) is 10.5. The number of halogens is 1. The molecule has 2 aromatic heterocycles. The SMILES string of the molecule is O=C(NCCn1ccnc1-c1ncccn1)c1cc(Cl)ccc1[N+](=O)[O-]. The van der Waals surface area contributed by atoms with Crippen LogP contribution >= 0.6 is 11.6 Å². The van der Waals surface area contributed by atoms with Crippen LogP contribution in [0.4, 0.5) is 5.69 Å². The first-order valence-electron chi connectivity index (χ1n) is 7.57. The van der Waals surface area contributed by atoms with E-state index in [4.69, 9.17) is 11.6 Å². The standard InChI is InChI=1S/C16H13ClN6O3/c17-11-2-3-13(23(25)26)12(10-11)16(24)21-7-9-22-8-6-20-15(22)14-18-4-1-5-19-14/h1-6,8,10H,7,9H2,(H,21,24). The molecule has 0 unspecified atom stereocenters. The Bertz CT molecular complexity index is 944. The Morgan fingerprint density at radius 2 is 2.00 bits per heavy atom. The number of nitro groups is 1. The summed E-state index contributed by atoms with van der Waals surface area (Å²) in [4.78, 5) is 35.2. The van der Waals surface area contributed by atoms with Gasteiger partial charge in [0.05, 0.1) is 4.92 Å². The Morgan fingerprint density at radius 1 is 1.23 bits per heavy atom. The average Bonchev–Trinajstić information content (AvgIpc) is 3.10. The van der Waals surface area contributed by atoms with Crippen LogP contribution in [0.2, 0.25) is 5.02 Å². The molecule has 3 aromatic rings. The second-order valence-electron chi connectivity index (χ2n) is 5.19. The van der Waals surface area contributed by atoms with Gasteiger partial charge in [0.15, 0.2) is 11.6 Å². The third-order valence-electron chi connectivity index (χ3n) is 3.52. The first-order valence-corrected chi connectivity index (χ1v) is 7.94. The summed E-state index contributed by atoms with van der Waals surface area (Å²) >= 11 is 5.84. The predicted molar refractivity (Wildman–Crippen MR) is 93.7 cm³/mol. The highest BCUT2D eigenvalue weighted by Gasteiger charge is 2.20. The smallest absolute Gasteiger partial charge is 0.282 e. The second kappa shape index (κ2) is 7.70. The topological polar surface area (TPSA) is 116 Å². The highest BCUT2D eigenvalue weighted by molar-refractivity contribution is 6.31. The Hall–Kier alpha value is -3.33. The lowest BCUT2D eigenvalue weighted by Gasteiger charge is -2.09. The molecule has 1 aromatic carbocycles. The van der Waals surface area contributed by atoms with Gasteiger partial charge in [-0.15, -0.1) is 0 Å². The number of amides is 1. The van der Waals surface area contributed by atoms with Crippen molar-refractivity contribution in [1.82, 2.24) is 24.8 Å². The van der Waals surface area contributed by atoms with Gasteiger partial charge in [0.25, 0.3) is 11.6 Å². The summed E-state index contributed by atoms with van der Waals surface area (Å²) in [6.07, 6.45) is 6.57. The van der Waals surface area contributed by atoms with Gasteiger partial charge in [-0.05, 0) is 18.2 Å². The number of nitrogens with zero attached hydrogens (tertiary/aromatic N) is 5. The molecule has 0 saturated carbocycles. The molecule has 0 radical (unpaired) electrons. The first-order chi connectivity index (χ1) is 12.6. The minimum atomic E-state index is -0.619. The zero-order valence-corrected chi connectivity index (χ0v) is 14.1. The maximum atomic E-state index is 12.3. The maximum absolute atomic E-state index is 12.3. The van der Waals surface area contributed by atoms with Crippen LogP contribution in [0, 0.1) is 10.1 Å². The third-order valence-corrected chi connectivity index (χ3v) is 3.75. The maximum Gasteiger partial charge on any atom is 0.282 e. The van der Waals surface area contributed by atoms with Crippen molar-refractivity contribution in [3.63, 3.8) is 0 Å². The molecule has 2 heterocycles. The van der Waals surface area contributed by atoms with E-state index in [1.54, 1.807) is 35.4 Å². The van der Waals surface area contributed by atoms with Crippen molar-refractivity contribution in [3.05, 3.63) is 69.8 Å². The molecule has 0 bridgehead atoms. The highest BCUT2D eigenvalue weighted by Crippen LogP contribution is 2.22. The molecule has 0 aliphatic rings. The molecule has 0 aliphatic heterocycles. The van der Waals surface area contributed by atoms with Crippen LogP contribution in [0.25, 0.3) is 11.6 Å². The van der Waals surface area contributed by atoms with E-state index in [-0.39, 0.29) is 22.8 Å². The predicted octanol–water partition coefficient (Wildman–Crippen LogP) is 2.33. The molecule has 0 spiro atoms. The molecule has 0 aliphatic carbocycles. The second-order valence-corrected chi connectivity index (χ2v) is 5.63. The Kier molecular flexibility index (Phi) is 5.18. The Balaban J connectivity index is 1.68. The van der Waals surface area contributed by atoms with Crippen molar-refractivity contribution < 1.29 is 9.72 Å². The Labute approximate surface area is 152 Å². The number of aromatic nitrogens is 4. The summed E-state index contributed by atoms with van der Waals surface area (Å²) in [5.41, 5.74) is -0.382. The summed E-state index contributed by atoms with van der Waals surface area (Å²) in [7, 11) is 0. The molecule has 10 heteroatoms. The van der Waals surface area contributed by atoms with Gasteiger partial charge < -0.3 is 9.88 Å². The molecule has 0 saturated heterocycles. The number of imidazole rings is 1. The molecule has 132 valence electrons. The van der Waals surface area contributed by atoms with Gasteiger partial charge in [-0.3, -0.25) is 14.9 Å². The van der Waals surface area contributed by atoms with Gasteiger partial charge in [0, 0.05) is 49.0 Å². The Morgan fingerprint density at radius 3 is 2.73 bits per heavy atom. The minimum absolute atomic E-state index is 0.0836. The lowest BCUT2D eigenvalue weighted by Crippen LogP contribution is -2.28. The van der Waals surface area contributed by atoms with E-state index in [0.717, 1.165) is 0 Å². The number of nitro benzene ring substituents is 1. The molecule has 1 amide bonds. The lowest BCUT2D eigenvalue weighted by atomic mass is 10.1. The summed E-state index contributed by atoms with van der Waals surface area (Å²) in [5.74, 6) is 0.458. The molecule has 3 rings (SSSR count). The number of hydrogen-bond acceptors (Lipinski definition) is 6. The summed E-state index contributed by atoms with van der Waals surface area (Å²) in [5, 5.41) is 14.0. The van der Waals surface area contributed by atoms with Gasteiger partial charge >= 0.3 is 0 Å². The van der Waals surface area contributed by atoms with E-state index in [1.165, 1.54) is 18.2 Å². The fourth-order valence-electron chi connectivity index (χ4n) is 2.34. The van der Waals surface area contributed by atoms with Crippen molar-refractivity contribution in [2.45, 2.75) is 6.54 Å². The van der Waals surface area contributed by atoms with Crippen LogP contribution in [0.15, 0.2) is 49.1 Å². The van der Waals surface area contributed by atoms with E-state index in [1.807, 2.05) is 0 Å². The first kappa shape index (κ1) is 17.5. The molecule has 26 heavy (non-hydrogen) atoms. The van der Waals surface area contributed by atoms with E-state index in [0.29, 0.717) is 18.2 Å². The monoisotopic (exact) mass is 372 g/mol. The largest absolute Gasteiger partial charge is 0.350 e. The van der Waals surface area contributed by atoms with E-state index < -0.39 is 10.8 Å². The minimum Gasteiger partial charge on any atom is -0.350 e. The number of carbonyl (C=O) groups excluding carboxylic acids is 1. The van der Waals surface area contributed by atoms with Crippen molar-refractivity contribution in [3.8, 4) is 11.6 Å². The van der Waals surface area contributed by atoms with Crippen LogP contribution in [-0.2, 0) is 6.54 Å². The van der Waals surface area contributed by atoms with Crippen LogP contribution in [0.1, 0.15) is 10.4 Å². The number of nitrogens with one attached hydrogen (secondary N) is 1. The summed E-state index contributed by atoms with van der Waals surface area (Å²) in [6, 6.07) is 5.55. The van der Waals surface area contributed by atoms with Crippen molar-refractivity contribution in [2.75, 3.05) is 6.54 Å². The molecule has 1 N–H and O–H groups in total. The lowest BCUT2D eigenvalue weighted by molar-refractivity contribution is -0.385. The quantitative estimate of drug-likeness (QED) is 0.524. The van der Waals surface area contributed by atoms with Crippen LogP contribution in [-0.4, -0.2) is 36.9 Å². The molecule has 9 nitrogen and oxygen atoms in total. The van der Waals surface area contributed by atoms with E-state index >= 15 is 0 Å². The molecular formula is C16H13ClN6O3. The van der Waals surface area contributed by atoms with Crippen LogP contribution in [0.5, 0.6) is 0 Å². The zero-order chi connectivity index (χ0) is 18.5. The van der Waals surface area contributed by atoms with E-state index in [9.17, 15) is 14.9 Å². The van der Waals surface area contributed by atoms with Crippen LogP contribution in [0.3, 0.4) is 0 Å². The average molecular weight is 373 g/mol. The fraction of sp³-hybridized carbons (Fsp3) is 0.125. The van der Waals surface area contributed by atoms with Crippen molar-refractivity contribution in [2.24, 2.45) is 0 Å². The fourth-order valence-corrected chi connectivity index (χ4v) is 2.52. The molecular weight excluding hydrogens is 360 g/mol. The van der Waals surface area contributed by atoms with Crippen molar-refractivity contribution >= 4 is 23.2 Å². The summed E-state index contributed by atoms with van der Waals surface area (Å²) < 4.78 is 1.78. The van der Waals surface area contributed by atoms with Crippen molar-refractivity contribution in [1.29, 1.82) is 0 Å². The van der Waals surface area contributed by atoms with Crippen LogP contribution < -0.4 is 5.32 Å². The molecule has 0 fully saturated rings. The van der Waals surface area contributed by atoms with Gasteiger partial charge in [0.1, 0.15) is 5.56 Å². The number of rotatable bonds is 6. The number of benzene rings is 1. The summed E-state index contributed by atoms with van der Waals surface area (Å²) in [6.45, 7) is 0.631. The van der Waals surface area contributed by atoms with Gasteiger partial charge in [-0.25, -0.2) is 15.0 Å². The van der Waals surface area contributed by atoms with Gasteiger partial charge in [-0.2, -0.15) is 0 Å². The number of carbonyl (C=O) groups is 1. The van der Waals surface area contributed by atoms with Gasteiger partial charge in [-0.1, -0.05) is 11.6 Å². The highest BCUT2D eigenvalue weighted by atomic mass is 35.5. The third kappa shape index (κ3) is 3.83. The number of hydrogen-bond donors (Lipinski definition) is 1. The van der Waals surface area contributed by atoms with Gasteiger partial charge in [0.2, 0.25) is 0 Å².